The van der Waals surface area contributed by atoms with E-state index in [-0.39, 0.29) is 17.0 Å². The summed E-state index contributed by atoms with van der Waals surface area (Å²) in [4.78, 5) is 22.6. The molecule has 2 rings (SSSR count). The summed E-state index contributed by atoms with van der Waals surface area (Å²) < 4.78 is 5.74. The monoisotopic (exact) mass is 385 g/mol. The van der Waals surface area contributed by atoms with E-state index < -0.39 is 4.92 Å². The second-order valence-electron chi connectivity index (χ2n) is 5.79. The van der Waals surface area contributed by atoms with Crippen molar-refractivity contribution >= 4 is 27.5 Å². The maximum absolute atomic E-state index is 12.4. The van der Waals surface area contributed by atoms with Crippen molar-refractivity contribution in [3.05, 3.63) is 38.3 Å². The molecule has 1 amide bonds. The van der Waals surface area contributed by atoms with Gasteiger partial charge in [-0.1, -0.05) is 0 Å². The molecule has 1 aliphatic heterocycles. The Morgan fingerprint density at radius 1 is 1.48 bits per heavy atom. The normalized spacial score (nSPS) is 16.8. The van der Waals surface area contributed by atoms with Crippen molar-refractivity contribution < 1.29 is 14.5 Å². The van der Waals surface area contributed by atoms with Gasteiger partial charge in [0.15, 0.2) is 0 Å². The van der Waals surface area contributed by atoms with Crippen LogP contribution in [0.2, 0.25) is 0 Å². The first-order valence-corrected chi connectivity index (χ1v) is 8.18. The summed E-state index contributed by atoms with van der Waals surface area (Å²) in [7, 11) is 1.67. The minimum atomic E-state index is -0.491. The number of nitro benzene ring substituents is 1. The van der Waals surface area contributed by atoms with Crippen LogP contribution in [-0.2, 0) is 4.74 Å². The van der Waals surface area contributed by atoms with Gasteiger partial charge in [-0.3, -0.25) is 14.9 Å². The fraction of sp³-hybridized carbons (Fsp3) is 0.533. The zero-order chi connectivity index (χ0) is 16.9. The van der Waals surface area contributed by atoms with Crippen LogP contribution in [0.5, 0.6) is 0 Å². The van der Waals surface area contributed by atoms with Crippen LogP contribution in [0.25, 0.3) is 0 Å². The van der Waals surface area contributed by atoms with E-state index in [4.69, 9.17) is 4.74 Å². The third-order valence-corrected chi connectivity index (χ3v) is 4.80. The summed E-state index contributed by atoms with van der Waals surface area (Å²) in [5.41, 5.74) is 0.267. The molecule has 1 aromatic rings. The van der Waals surface area contributed by atoms with Gasteiger partial charge in [0.1, 0.15) is 0 Å². The smallest absolute Gasteiger partial charge is 0.270 e. The van der Waals surface area contributed by atoms with Crippen molar-refractivity contribution in [2.24, 2.45) is 5.41 Å². The number of nitrogens with one attached hydrogen (secondary N) is 2. The first kappa shape index (κ1) is 17.8. The highest BCUT2D eigenvalue weighted by molar-refractivity contribution is 9.10. The van der Waals surface area contributed by atoms with Crippen LogP contribution in [0, 0.1) is 15.5 Å². The average Bonchev–Trinajstić information content (AvgIpc) is 2.53. The number of halogens is 1. The predicted molar refractivity (Wildman–Crippen MR) is 89.5 cm³/mol. The first-order valence-electron chi connectivity index (χ1n) is 7.39. The van der Waals surface area contributed by atoms with Gasteiger partial charge in [0, 0.05) is 35.7 Å². The standard InChI is InChI=1S/C15H20BrN3O4/c1-23-10-15(4-6-17-7-5-15)9-18-14(20)12-3-2-11(19(21)22)8-13(12)16/h2-3,8,17H,4-7,9-10H2,1H3,(H,18,20). The van der Waals surface area contributed by atoms with Crippen LogP contribution < -0.4 is 10.6 Å². The Labute approximate surface area is 143 Å². The molecule has 0 spiro atoms. The largest absolute Gasteiger partial charge is 0.384 e. The molecule has 126 valence electrons. The molecule has 23 heavy (non-hydrogen) atoms. The molecule has 7 nitrogen and oxygen atoms in total. The number of rotatable bonds is 6. The quantitative estimate of drug-likeness (QED) is 0.577. The number of methoxy groups -OCH3 is 1. The van der Waals surface area contributed by atoms with E-state index in [0.29, 0.717) is 23.2 Å². The van der Waals surface area contributed by atoms with E-state index in [1.54, 1.807) is 7.11 Å². The molecule has 2 N–H and O–H groups in total. The summed E-state index contributed by atoms with van der Waals surface area (Å²) in [5.74, 6) is -0.249. The zero-order valence-corrected chi connectivity index (χ0v) is 14.5. The van der Waals surface area contributed by atoms with Gasteiger partial charge in [0.2, 0.25) is 0 Å². The fourth-order valence-electron chi connectivity index (χ4n) is 2.80. The Morgan fingerprint density at radius 2 is 2.17 bits per heavy atom. The van der Waals surface area contributed by atoms with Gasteiger partial charge in [-0.25, -0.2) is 0 Å². The van der Waals surface area contributed by atoms with Gasteiger partial charge in [0.25, 0.3) is 11.6 Å². The summed E-state index contributed by atoms with van der Waals surface area (Å²) >= 11 is 3.23. The number of amides is 1. The Bertz CT molecular complexity index is 583. The van der Waals surface area contributed by atoms with Gasteiger partial charge in [-0.15, -0.1) is 0 Å². The number of carbonyl (C=O) groups is 1. The maximum atomic E-state index is 12.4. The molecule has 1 aliphatic rings. The minimum absolute atomic E-state index is 0.0531. The fourth-order valence-corrected chi connectivity index (χ4v) is 3.35. The third-order valence-electron chi connectivity index (χ3n) is 4.15. The molecule has 1 fully saturated rings. The number of benzene rings is 1. The maximum Gasteiger partial charge on any atom is 0.270 e. The van der Waals surface area contributed by atoms with E-state index in [1.165, 1.54) is 18.2 Å². The van der Waals surface area contributed by atoms with Crippen molar-refractivity contribution in [2.45, 2.75) is 12.8 Å². The number of piperidine rings is 1. The molecule has 1 aromatic carbocycles. The lowest BCUT2D eigenvalue weighted by Gasteiger charge is -2.37. The van der Waals surface area contributed by atoms with E-state index in [1.807, 2.05) is 0 Å². The predicted octanol–water partition coefficient (Wildman–Crippen LogP) is 2.10. The lowest BCUT2D eigenvalue weighted by atomic mass is 9.79. The van der Waals surface area contributed by atoms with Crippen LogP contribution in [0.4, 0.5) is 5.69 Å². The van der Waals surface area contributed by atoms with Crippen molar-refractivity contribution in [1.82, 2.24) is 10.6 Å². The van der Waals surface area contributed by atoms with Crippen molar-refractivity contribution in [1.29, 1.82) is 0 Å². The van der Waals surface area contributed by atoms with Crippen molar-refractivity contribution in [3.63, 3.8) is 0 Å². The zero-order valence-electron chi connectivity index (χ0n) is 12.9. The van der Waals surface area contributed by atoms with E-state index in [9.17, 15) is 14.9 Å². The Balaban J connectivity index is 2.05. The highest BCUT2D eigenvalue weighted by atomic mass is 79.9. The number of non-ortho nitro benzene ring substituents is 1. The third kappa shape index (κ3) is 4.49. The molecule has 0 unspecified atom stereocenters. The van der Waals surface area contributed by atoms with Gasteiger partial charge >= 0.3 is 0 Å². The summed E-state index contributed by atoms with van der Waals surface area (Å²) in [6, 6.07) is 4.13. The van der Waals surface area contributed by atoms with Gasteiger partial charge in [-0.2, -0.15) is 0 Å². The molecular formula is C15H20BrN3O4. The molecule has 1 saturated heterocycles. The molecule has 0 aliphatic carbocycles. The van der Waals surface area contributed by atoms with E-state index in [0.717, 1.165) is 25.9 Å². The topological polar surface area (TPSA) is 93.5 Å². The Hall–Kier alpha value is -1.51. The number of carbonyl (C=O) groups excluding carboxylic acids is 1. The average molecular weight is 386 g/mol. The molecule has 0 saturated carbocycles. The molecule has 0 bridgehead atoms. The van der Waals surface area contributed by atoms with E-state index in [2.05, 4.69) is 26.6 Å². The summed E-state index contributed by atoms with van der Waals surface area (Å²) in [6.45, 7) is 2.92. The van der Waals surface area contributed by atoms with Crippen LogP contribution in [0.15, 0.2) is 22.7 Å². The molecule has 0 radical (unpaired) electrons. The number of ether oxygens (including phenoxy) is 1. The highest BCUT2D eigenvalue weighted by Crippen LogP contribution is 2.29. The molecule has 0 atom stereocenters. The summed E-state index contributed by atoms with van der Waals surface area (Å²) in [6.07, 6.45) is 1.87. The first-order chi connectivity index (χ1) is 11.0. The molecule has 1 heterocycles. The van der Waals surface area contributed by atoms with Gasteiger partial charge in [-0.05, 0) is 47.9 Å². The lowest BCUT2D eigenvalue weighted by molar-refractivity contribution is -0.384. The SMILES string of the molecule is COCC1(CNC(=O)c2ccc([N+](=O)[O-])cc2Br)CCNCC1. The van der Waals surface area contributed by atoms with Crippen LogP contribution in [0.3, 0.4) is 0 Å². The lowest BCUT2D eigenvalue weighted by Crippen LogP contribution is -2.47. The number of hydrogen-bond donors (Lipinski definition) is 2. The molecular weight excluding hydrogens is 366 g/mol. The minimum Gasteiger partial charge on any atom is -0.384 e. The second kappa shape index (κ2) is 7.85. The second-order valence-corrected chi connectivity index (χ2v) is 6.64. The van der Waals surface area contributed by atoms with Crippen molar-refractivity contribution in [2.75, 3.05) is 33.4 Å². The number of hydrogen-bond acceptors (Lipinski definition) is 5. The number of nitrogens with zero attached hydrogens (tertiary/aromatic N) is 1. The van der Waals surface area contributed by atoms with Crippen molar-refractivity contribution in [3.8, 4) is 0 Å². The highest BCUT2D eigenvalue weighted by Gasteiger charge is 2.32. The summed E-state index contributed by atoms with van der Waals surface area (Å²) in [5, 5.41) is 17.0. The van der Waals surface area contributed by atoms with Crippen LogP contribution in [-0.4, -0.2) is 44.2 Å². The molecule has 8 heteroatoms. The Morgan fingerprint density at radius 3 is 2.74 bits per heavy atom. The van der Waals surface area contributed by atoms with Gasteiger partial charge < -0.3 is 15.4 Å². The van der Waals surface area contributed by atoms with Crippen LogP contribution >= 0.6 is 15.9 Å². The van der Waals surface area contributed by atoms with E-state index >= 15 is 0 Å². The van der Waals surface area contributed by atoms with Gasteiger partial charge in [0.05, 0.1) is 17.1 Å². The number of nitro groups is 1. The Kier molecular flexibility index (Phi) is 6.09. The van der Waals surface area contributed by atoms with Crippen LogP contribution in [0.1, 0.15) is 23.2 Å². The molecule has 0 aromatic heterocycles.